The Morgan fingerprint density at radius 3 is 2.37 bits per heavy atom. The molecule has 2 aliphatic rings. The number of hydrogen-bond acceptors (Lipinski definition) is 3. The molecule has 2 aliphatic carbocycles. The van der Waals surface area contributed by atoms with Crippen molar-refractivity contribution in [2.75, 3.05) is 26.7 Å². The normalized spacial score (nSPS) is 28.2. The molecule has 0 saturated heterocycles. The van der Waals surface area contributed by atoms with E-state index in [1.54, 1.807) is 0 Å². The van der Waals surface area contributed by atoms with Crippen molar-refractivity contribution >= 4 is 5.91 Å². The fourth-order valence-electron chi connectivity index (χ4n) is 3.13. The lowest BCUT2D eigenvalue weighted by Crippen LogP contribution is -2.43. The van der Waals surface area contributed by atoms with E-state index < -0.39 is 0 Å². The molecule has 0 spiro atoms. The van der Waals surface area contributed by atoms with Gasteiger partial charge in [-0.2, -0.15) is 0 Å². The highest BCUT2D eigenvalue weighted by Crippen LogP contribution is 2.27. The summed E-state index contributed by atoms with van der Waals surface area (Å²) >= 11 is 0. The minimum Gasteiger partial charge on any atom is -0.396 e. The zero-order valence-corrected chi connectivity index (χ0v) is 12.1. The van der Waals surface area contributed by atoms with Crippen molar-refractivity contribution in [1.82, 2.24) is 10.2 Å². The van der Waals surface area contributed by atoms with Crippen LogP contribution in [-0.2, 0) is 4.79 Å². The van der Waals surface area contributed by atoms with Gasteiger partial charge >= 0.3 is 0 Å². The van der Waals surface area contributed by atoms with E-state index in [-0.39, 0.29) is 5.91 Å². The second-order valence-electron chi connectivity index (χ2n) is 6.37. The molecule has 0 aromatic heterocycles. The Kier molecular flexibility index (Phi) is 5.64. The third-order valence-corrected chi connectivity index (χ3v) is 4.90. The first-order valence-corrected chi connectivity index (χ1v) is 7.77. The van der Waals surface area contributed by atoms with Gasteiger partial charge in [0.05, 0.1) is 6.54 Å². The Morgan fingerprint density at radius 1 is 1.16 bits per heavy atom. The number of hydrogen-bond donors (Lipinski definition) is 2. The van der Waals surface area contributed by atoms with Crippen molar-refractivity contribution in [2.45, 2.75) is 51.0 Å². The number of amides is 1. The van der Waals surface area contributed by atoms with Gasteiger partial charge in [-0.1, -0.05) is 6.42 Å². The Morgan fingerprint density at radius 2 is 1.84 bits per heavy atom. The molecule has 2 saturated carbocycles. The van der Waals surface area contributed by atoms with Gasteiger partial charge < -0.3 is 10.4 Å². The quantitative estimate of drug-likeness (QED) is 0.765. The van der Waals surface area contributed by atoms with E-state index >= 15 is 0 Å². The molecule has 0 radical (unpaired) electrons. The van der Waals surface area contributed by atoms with E-state index in [1.165, 1.54) is 19.3 Å². The Hall–Kier alpha value is -0.610. The number of rotatable bonds is 6. The van der Waals surface area contributed by atoms with Crippen LogP contribution in [0.25, 0.3) is 0 Å². The smallest absolute Gasteiger partial charge is 0.234 e. The van der Waals surface area contributed by atoms with E-state index in [1.807, 2.05) is 7.05 Å². The van der Waals surface area contributed by atoms with Crippen LogP contribution >= 0.6 is 0 Å². The Labute approximate surface area is 116 Å². The lowest BCUT2D eigenvalue weighted by atomic mass is 9.85. The van der Waals surface area contributed by atoms with Crippen molar-refractivity contribution in [3.05, 3.63) is 0 Å². The van der Waals surface area contributed by atoms with E-state index in [0.717, 1.165) is 38.1 Å². The molecule has 2 rings (SSSR count). The number of nitrogens with zero attached hydrogens (tertiary/aromatic N) is 1. The SMILES string of the molecule is CN(CC(=O)NCC1CCC1)C1CCC(CO)CC1. The maximum absolute atomic E-state index is 11.9. The van der Waals surface area contributed by atoms with Crippen LogP contribution in [0.3, 0.4) is 0 Å². The summed E-state index contributed by atoms with van der Waals surface area (Å²) < 4.78 is 0. The topological polar surface area (TPSA) is 52.6 Å². The summed E-state index contributed by atoms with van der Waals surface area (Å²) in [5.74, 6) is 1.38. The maximum Gasteiger partial charge on any atom is 0.234 e. The third-order valence-electron chi connectivity index (χ3n) is 4.90. The van der Waals surface area contributed by atoms with Crippen LogP contribution in [0.1, 0.15) is 44.9 Å². The van der Waals surface area contributed by atoms with E-state index in [2.05, 4.69) is 10.2 Å². The fraction of sp³-hybridized carbons (Fsp3) is 0.933. The van der Waals surface area contributed by atoms with Crippen LogP contribution in [0.15, 0.2) is 0 Å². The largest absolute Gasteiger partial charge is 0.396 e. The summed E-state index contributed by atoms with van der Waals surface area (Å²) in [6.45, 7) is 1.70. The van der Waals surface area contributed by atoms with Crippen LogP contribution in [0.2, 0.25) is 0 Å². The predicted octanol–water partition coefficient (Wildman–Crippen LogP) is 1.39. The molecule has 4 heteroatoms. The Balaban J connectivity index is 1.62. The highest BCUT2D eigenvalue weighted by Gasteiger charge is 2.25. The van der Waals surface area contributed by atoms with Gasteiger partial charge in [-0.25, -0.2) is 0 Å². The monoisotopic (exact) mass is 268 g/mol. The molecule has 0 bridgehead atoms. The number of nitrogens with one attached hydrogen (secondary N) is 1. The van der Waals surface area contributed by atoms with Gasteiger partial charge in [0.1, 0.15) is 0 Å². The first-order valence-electron chi connectivity index (χ1n) is 7.77. The lowest BCUT2D eigenvalue weighted by molar-refractivity contribution is -0.123. The molecule has 2 fully saturated rings. The molecule has 0 aromatic carbocycles. The van der Waals surface area contributed by atoms with Crippen molar-refractivity contribution in [2.24, 2.45) is 11.8 Å². The average molecular weight is 268 g/mol. The van der Waals surface area contributed by atoms with Gasteiger partial charge in [-0.15, -0.1) is 0 Å². The zero-order chi connectivity index (χ0) is 13.7. The van der Waals surface area contributed by atoms with Gasteiger partial charge in [0.2, 0.25) is 5.91 Å². The van der Waals surface area contributed by atoms with Gasteiger partial charge in [0, 0.05) is 19.2 Å². The summed E-state index contributed by atoms with van der Waals surface area (Å²) in [6.07, 6.45) is 8.29. The summed E-state index contributed by atoms with van der Waals surface area (Å²) in [4.78, 5) is 14.1. The summed E-state index contributed by atoms with van der Waals surface area (Å²) in [7, 11) is 2.05. The molecule has 0 aromatic rings. The molecule has 0 atom stereocenters. The van der Waals surface area contributed by atoms with Gasteiger partial charge in [-0.05, 0) is 57.4 Å². The first-order chi connectivity index (χ1) is 9.19. The number of likely N-dealkylation sites (N-methyl/N-ethyl adjacent to an activating group) is 1. The number of aliphatic hydroxyl groups excluding tert-OH is 1. The second kappa shape index (κ2) is 7.25. The van der Waals surface area contributed by atoms with Crippen molar-refractivity contribution in [1.29, 1.82) is 0 Å². The number of carbonyl (C=O) groups excluding carboxylic acids is 1. The minimum atomic E-state index is 0.165. The summed E-state index contributed by atoms with van der Waals surface area (Å²) in [5, 5.41) is 12.2. The number of aliphatic hydroxyl groups is 1. The molecule has 2 N–H and O–H groups in total. The first kappa shape index (κ1) is 14.8. The van der Waals surface area contributed by atoms with Gasteiger partial charge in [0.25, 0.3) is 0 Å². The highest BCUT2D eigenvalue weighted by atomic mass is 16.3. The molecule has 0 heterocycles. The third kappa shape index (κ3) is 4.46. The highest BCUT2D eigenvalue weighted by molar-refractivity contribution is 5.78. The van der Waals surface area contributed by atoms with Gasteiger partial charge in [0.15, 0.2) is 0 Å². The van der Waals surface area contributed by atoms with Crippen LogP contribution in [0.4, 0.5) is 0 Å². The van der Waals surface area contributed by atoms with Gasteiger partial charge in [-0.3, -0.25) is 9.69 Å². The summed E-state index contributed by atoms with van der Waals surface area (Å²) in [6, 6.07) is 0.511. The standard InChI is InChI=1S/C15H28N2O2/c1-17(14-7-5-13(11-18)6-8-14)10-15(19)16-9-12-3-2-4-12/h12-14,18H,2-11H2,1H3,(H,16,19). The second-order valence-corrected chi connectivity index (χ2v) is 6.37. The molecule has 19 heavy (non-hydrogen) atoms. The van der Waals surface area contributed by atoms with Crippen LogP contribution < -0.4 is 5.32 Å². The van der Waals surface area contributed by atoms with Crippen LogP contribution in [0, 0.1) is 11.8 Å². The van der Waals surface area contributed by atoms with E-state index in [0.29, 0.717) is 25.1 Å². The molecule has 0 aliphatic heterocycles. The molecule has 1 amide bonds. The van der Waals surface area contributed by atoms with Crippen molar-refractivity contribution < 1.29 is 9.90 Å². The summed E-state index contributed by atoms with van der Waals surface area (Å²) in [5.41, 5.74) is 0. The Bertz CT molecular complexity index is 284. The molecule has 0 unspecified atom stereocenters. The number of carbonyl (C=O) groups is 1. The zero-order valence-electron chi connectivity index (χ0n) is 12.1. The fourth-order valence-corrected chi connectivity index (χ4v) is 3.13. The van der Waals surface area contributed by atoms with Crippen LogP contribution in [0.5, 0.6) is 0 Å². The van der Waals surface area contributed by atoms with Crippen molar-refractivity contribution in [3.63, 3.8) is 0 Å². The lowest BCUT2D eigenvalue weighted by Gasteiger charge is -2.34. The van der Waals surface area contributed by atoms with E-state index in [9.17, 15) is 4.79 Å². The minimum absolute atomic E-state index is 0.165. The predicted molar refractivity (Wildman–Crippen MR) is 75.8 cm³/mol. The van der Waals surface area contributed by atoms with E-state index in [4.69, 9.17) is 5.11 Å². The molecule has 4 nitrogen and oxygen atoms in total. The molecular formula is C15H28N2O2. The van der Waals surface area contributed by atoms with Crippen molar-refractivity contribution in [3.8, 4) is 0 Å². The molecule has 110 valence electrons. The average Bonchev–Trinajstić information content (AvgIpc) is 2.37. The maximum atomic E-state index is 11.9. The molecular weight excluding hydrogens is 240 g/mol. The van der Waals surface area contributed by atoms with Crippen LogP contribution in [-0.4, -0.2) is 48.7 Å².